The van der Waals surface area contributed by atoms with Crippen molar-refractivity contribution in [1.82, 2.24) is 0 Å². The third-order valence-corrected chi connectivity index (χ3v) is 5.36. The number of anilines is 1. The first kappa shape index (κ1) is 15.2. The molecule has 4 aromatic carbocycles. The van der Waals surface area contributed by atoms with Gasteiger partial charge in [0.15, 0.2) is 18.9 Å². The van der Waals surface area contributed by atoms with E-state index in [0.29, 0.717) is 0 Å². The molecule has 0 N–H and O–H groups in total. The maximum absolute atomic E-state index is 2.29. The summed E-state index contributed by atoms with van der Waals surface area (Å²) >= 11 is 0. The molecular weight excluding hydrogens is 316 g/mol. The van der Waals surface area contributed by atoms with E-state index in [-0.39, 0.29) is 0 Å². The van der Waals surface area contributed by atoms with Crippen molar-refractivity contribution in [2.24, 2.45) is 0 Å². The van der Waals surface area contributed by atoms with Gasteiger partial charge in [-0.15, -0.1) is 0 Å². The van der Waals surface area contributed by atoms with Crippen molar-refractivity contribution in [2.75, 3.05) is 19.0 Å². The van der Waals surface area contributed by atoms with Crippen LogP contribution in [0.1, 0.15) is 5.56 Å². The van der Waals surface area contributed by atoms with Gasteiger partial charge in [0.25, 0.3) is 0 Å². The van der Waals surface area contributed by atoms with Crippen LogP contribution in [0.5, 0.6) is 0 Å². The molecule has 0 bridgehead atoms. The van der Waals surface area contributed by atoms with Gasteiger partial charge in [-0.05, 0) is 32.3 Å². The van der Waals surface area contributed by atoms with E-state index < -0.39 is 0 Å². The summed E-state index contributed by atoms with van der Waals surface area (Å²) < 4.78 is 2.25. The van der Waals surface area contributed by atoms with E-state index in [4.69, 9.17) is 0 Å². The molecule has 126 valence electrons. The summed E-state index contributed by atoms with van der Waals surface area (Å²) in [5.74, 6) is 0. The second-order valence-electron chi connectivity index (χ2n) is 7.20. The summed E-state index contributed by atoms with van der Waals surface area (Å²) in [7, 11) is 4.14. The number of pyridine rings is 1. The highest BCUT2D eigenvalue weighted by molar-refractivity contribution is 6.23. The molecule has 0 radical (unpaired) electrons. The van der Waals surface area contributed by atoms with E-state index in [9.17, 15) is 0 Å². The van der Waals surface area contributed by atoms with Crippen molar-refractivity contribution in [1.29, 1.82) is 0 Å². The zero-order valence-electron chi connectivity index (χ0n) is 15.1. The van der Waals surface area contributed by atoms with Crippen molar-refractivity contribution in [2.45, 2.75) is 6.54 Å². The van der Waals surface area contributed by atoms with Crippen LogP contribution < -0.4 is 9.47 Å². The Balaban J connectivity index is 1.68. The van der Waals surface area contributed by atoms with Crippen molar-refractivity contribution in [3.63, 3.8) is 0 Å². The highest BCUT2D eigenvalue weighted by Crippen LogP contribution is 2.35. The van der Waals surface area contributed by atoms with Gasteiger partial charge >= 0.3 is 0 Å². The highest BCUT2D eigenvalue weighted by atomic mass is 15.1. The van der Waals surface area contributed by atoms with Gasteiger partial charge in [-0.1, -0.05) is 54.6 Å². The van der Waals surface area contributed by atoms with Gasteiger partial charge < -0.3 is 4.90 Å². The predicted octanol–water partition coefficient (Wildman–Crippen LogP) is 4.99. The first-order valence-electron chi connectivity index (χ1n) is 9.02. The Labute approximate surface area is 153 Å². The molecule has 0 spiro atoms. The lowest BCUT2D eigenvalue weighted by Crippen LogP contribution is -2.33. The maximum atomic E-state index is 2.29. The molecule has 0 saturated carbocycles. The SMILES string of the molecule is CN(C)c1cc[n+](Cc2ccc3ccc4cccc5ccc2c3c45)cc1. The van der Waals surface area contributed by atoms with Crippen LogP contribution in [0.15, 0.2) is 79.1 Å². The molecule has 2 heteroatoms. The third kappa shape index (κ3) is 2.30. The normalized spacial score (nSPS) is 11.6. The molecule has 2 nitrogen and oxygen atoms in total. The minimum absolute atomic E-state index is 0.877. The van der Waals surface area contributed by atoms with Crippen molar-refractivity contribution in [3.8, 4) is 0 Å². The molecular formula is C24H21N2+. The van der Waals surface area contributed by atoms with E-state index in [1.54, 1.807) is 0 Å². The van der Waals surface area contributed by atoms with Gasteiger partial charge in [-0.25, -0.2) is 4.57 Å². The molecule has 5 rings (SSSR count). The van der Waals surface area contributed by atoms with Crippen LogP contribution in [-0.4, -0.2) is 14.1 Å². The molecule has 1 heterocycles. The molecule has 0 aliphatic rings. The van der Waals surface area contributed by atoms with Crippen LogP contribution in [0.2, 0.25) is 0 Å². The van der Waals surface area contributed by atoms with Gasteiger partial charge in [-0.2, -0.15) is 0 Å². The zero-order valence-corrected chi connectivity index (χ0v) is 15.1. The molecule has 0 amide bonds. The second-order valence-corrected chi connectivity index (χ2v) is 7.20. The average molecular weight is 337 g/mol. The van der Waals surface area contributed by atoms with Crippen LogP contribution in [0.25, 0.3) is 32.3 Å². The molecule has 0 saturated heterocycles. The summed E-state index contributed by atoms with van der Waals surface area (Å²) in [5.41, 5.74) is 2.58. The Bertz CT molecular complexity index is 1200. The minimum atomic E-state index is 0.877. The topological polar surface area (TPSA) is 7.12 Å². The van der Waals surface area contributed by atoms with Crippen molar-refractivity contribution >= 4 is 38.0 Å². The van der Waals surface area contributed by atoms with Gasteiger partial charge in [0.2, 0.25) is 0 Å². The number of aromatic nitrogens is 1. The first-order valence-corrected chi connectivity index (χ1v) is 9.02. The molecule has 0 aliphatic heterocycles. The molecule has 0 fully saturated rings. The zero-order chi connectivity index (χ0) is 17.7. The number of hydrogen-bond donors (Lipinski definition) is 0. The summed E-state index contributed by atoms with van der Waals surface area (Å²) in [4.78, 5) is 2.13. The highest BCUT2D eigenvalue weighted by Gasteiger charge is 2.13. The second kappa shape index (κ2) is 5.70. The lowest BCUT2D eigenvalue weighted by Gasteiger charge is -2.13. The lowest BCUT2D eigenvalue weighted by molar-refractivity contribution is -0.688. The van der Waals surface area contributed by atoms with Crippen molar-refractivity contribution in [3.05, 3.63) is 84.7 Å². The quantitative estimate of drug-likeness (QED) is 0.332. The smallest absolute Gasteiger partial charge is 0.174 e. The summed E-state index contributed by atoms with van der Waals surface area (Å²) in [6, 6.07) is 24.4. The number of benzene rings is 4. The van der Waals surface area contributed by atoms with Crippen LogP contribution in [0.3, 0.4) is 0 Å². The Morgan fingerprint density at radius 3 is 2.00 bits per heavy atom. The Kier molecular flexibility index (Phi) is 3.32. The lowest BCUT2D eigenvalue weighted by atomic mass is 9.92. The van der Waals surface area contributed by atoms with Gasteiger partial charge in [0, 0.05) is 37.5 Å². The van der Waals surface area contributed by atoms with Gasteiger partial charge in [0.05, 0.1) is 0 Å². The van der Waals surface area contributed by atoms with Crippen LogP contribution in [0, 0.1) is 0 Å². The Hall–Kier alpha value is -3.13. The molecule has 0 aliphatic carbocycles. The van der Waals surface area contributed by atoms with Gasteiger partial charge in [0.1, 0.15) is 0 Å². The van der Waals surface area contributed by atoms with Crippen LogP contribution in [-0.2, 0) is 6.54 Å². The largest absolute Gasteiger partial charge is 0.377 e. The summed E-state index contributed by atoms with van der Waals surface area (Å²) in [5, 5.41) is 8.10. The standard InChI is InChI=1S/C24H21N2/c1-25(2)21-12-14-26(15-13-21)16-20-9-8-19-7-6-17-4-3-5-18-10-11-22(20)24(19)23(17)18/h3-15H,16H2,1-2H3/q+1. The number of nitrogens with zero attached hydrogens (tertiary/aromatic N) is 2. The summed E-state index contributed by atoms with van der Waals surface area (Å²) in [6.45, 7) is 0.877. The molecule has 1 aromatic heterocycles. The fourth-order valence-corrected chi connectivity index (χ4v) is 3.98. The molecule has 0 unspecified atom stereocenters. The average Bonchev–Trinajstić information content (AvgIpc) is 2.67. The molecule has 26 heavy (non-hydrogen) atoms. The van der Waals surface area contributed by atoms with E-state index in [1.807, 2.05) is 0 Å². The predicted molar refractivity (Wildman–Crippen MR) is 110 cm³/mol. The van der Waals surface area contributed by atoms with E-state index in [1.165, 1.54) is 43.6 Å². The fraction of sp³-hybridized carbons (Fsp3) is 0.125. The van der Waals surface area contributed by atoms with Crippen LogP contribution in [0.4, 0.5) is 5.69 Å². The summed E-state index contributed by atoms with van der Waals surface area (Å²) in [6.07, 6.45) is 4.32. The maximum Gasteiger partial charge on any atom is 0.174 e. The van der Waals surface area contributed by atoms with E-state index in [2.05, 4.69) is 103 Å². The van der Waals surface area contributed by atoms with Crippen LogP contribution >= 0.6 is 0 Å². The first-order chi connectivity index (χ1) is 12.7. The molecule has 0 atom stereocenters. The number of rotatable bonds is 3. The number of hydrogen-bond acceptors (Lipinski definition) is 1. The molecule has 5 aromatic rings. The minimum Gasteiger partial charge on any atom is -0.377 e. The van der Waals surface area contributed by atoms with Gasteiger partial charge in [-0.3, -0.25) is 0 Å². The fourth-order valence-electron chi connectivity index (χ4n) is 3.98. The Morgan fingerprint density at radius 1 is 0.692 bits per heavy atom. The third-order valence-electron chi connectivity index (χ3n) is 5.36. The van der Waals surface area contributed by atoms with Crippen molar-refractivity contribution < 1.29 is 4.57 Å². The van der Waals surface area contributed by atoms with E-state index in [0.717, 1.165) is 6.54 Å². The Morgan fingerprint density at radius 2 is 1.31 bits per heavy atom. The van der Waals surface area contributed by atoms with E-state index >= 15 is 0 Å². The monoisotopic (exact) mass is 337 g/mol.